The average molecular weight is 342 g/mol. The number of halogens is 1. The molecule has 1 aromatic carbocycles. The summed E-state index contributed by atoms with van der Waals surface area (Å²) in [7, 11) is 0. The zero-order valence-electron chi connectivity index (χ0n) is 13.5. The van der Waals surface area contributed by atoms with E-state index in [2.05, 4.69) is 0 Å². The molecule has 4 heteroatoms. The van der Waals surface area contributed by atoms with Crippen LogP contribution in [0.2, 0.25) is 5.02 Å². The third-order valence-electron chi connectivity index (χ3n) is 6.58. The smallest absolute Gasteiger partial charge is 0.238 e. The first kappa shape index (κ1) is 14.7. The van der Waals surface area contributed by atoms with Crippen molar-refractivity contribution in [3.05, 3.63) is 40.4 Å². The van der Waals surface area contributed by atoms with Crippen LogP contribution in [0.25, 0.3) is 0 Å². The van der Waals surface area contributed by atoms with Gasteiger partial charge in [0.25, 0.3) is 0 Å². The Labute approximate surface area is 146 Å². The van der Waals surface area contributed by atoms with Crippen LogP contribution in [0.3, 0.4) is 0 Å². The van der Waals surface area contributed by atoms with Gasteiger partial charge in [0.15, 0.2) is 0 Å². The van der Waals surface area contributed by atoms with Crippen molar-refractivity contribution in [2.24, 2.45) is 23.7 Å². The van der Waals surface area contributed by atoms with Crippen LogP contribution in [0.5, 0.6) is 0 Å². The number of carbonyl (C=O) groups is 2. The summed E-state index contributed by atoms with van der Waals surface area (Å²) in [6.07, 6.45) is 6.76. The summed E-state index contributed by atoms with van der Waals surface area (Å²) < 4.78 is 0. The summed E-state index contributed by atoms with van der Waals surface area (Å²) in [6, 6.07) is 7.07. The van der Waals surface area contributed by atoms with Crippen LogP contribution in [0.15, 0.2) is 35.4 Å². The number of hydrogen-bond acceptors (Lipinski definition) is 2. The van der Waals surface area contributed by atoms with E-state index in [0.717, 1.165) is 25.7 Å². The summed E-state index contributed by atoms with van der Waals surface area (Å²) in [6.45, 7) is 0. The van der Waals surface area contributed by atoms with E-state index in [0.29, 0.717) is 22.5 Å². The molecule has 0 bridgehead atoms. The van der Waals surface area contributed by atoms with E-state index in [4.69, 9.17) is 11.6 Å². The second-order valence-electron chi connectivity index (χ2n) is 7.59. The standard InChI is InChI=1S/C20H20ClNO2/c21-11-7-9-12(10-8-11)22-19(23)17-15-5-1-3-13(15)14-4-2-6-16(14)18(17)20(22)24/h7-10,15-18H,1-6H2/t15-,16+,17-,18+. The lowest BCUT2D eigenvalue weighted by atomic mass is 9.66. The largest absolute Gasteiger partial charge is 0.274 e. The number of hydrogen-bond donors (Lipinski definition) is 0. The molecule has 3 aliphatic carbocycles. The highest BCUT2D eigenvalue weighted by Crippen LogP contribution is 2.57. The van der Waals surface area contributed by atoms with Crippen LogP contribution >= 0.6 is 11.6 Å². The van der Waals surface area contributed by atoms with Crippen molar-refractivity contribution in [1.82, 2.24) is 0 Å². The third-order valence-corrected chi connectivity index (χ3v) is 6.83. The van der Waals surface area contributed by atoms with Crippen molar-refractivity contribution in [3.63, 3.8) is 0 Å². The molecule has 4 aliphatic rings. The monoisotopic (exact) mass is 341 g/mol. The lowest BCUT2D eigenvalue weighted by Gasteiger charge is -2.34. The topological polar surface area (TPSA) is 37.4 Å². The number of anilines is 1. The van der Waals surface area contributed by atoms with Gasteiger partial charge in [-0.1, -0.05) is 22.7 Å². The summed E-state index contributed by atoms with van der Waals surface area (Å²) in [5.74, 6) is 0.404. The lowest BCUT2D eigenvalue weighted by molar-refractivity contribution is -0.122. The van der Waals surface area contributed by atoms with Gasteiger partial charge in [0.2, 0.25) is 11.8 Å². The Balaban J connectivity index is 1.60. The van der Waals surface area contributed by atoms with Crippen molar-refractivity contribution < 1.29 is 9.59 Å². The van der Waals surface area contributed by atoms with E-state index in [-0.39, 0.29) is 23.7 Å². The molecule has 124 valence electrons. The summed E-state index contributed by atoms with van der Waals surface area (Å²) in [4.78, 5) is 27.9. The SMILES string of the molecule is O=C1[C@@H]2[C@H](C(=O)N1c1ccc(Cl)cc1)[C@@H]1CCCC1=C1CCC[C@@H]12. The zero-order chi connectivity index (χ0) is 16.4. The number of nitrogens with zero attached hydrogens (tertiary/aromatic N) is 1. The predicted octanol–water partition coefficient (Wildman–Crippen LogP) is 4.36. The van der Waals surface area contributed by atoms with Crippen molar-refractivity contribution in [3.8, 4) is 0 Å². The lowest BCUT2D eigenvalue weighted by Crippen LogP contribution is -2.35. The van der Waals surface area contributed by atoms with E-state index in [1.807, 2.05) is 0 Å². The van der Waals surface area contributed by atoms with Gasteiger partial charge < -0.3 is 0 Å². The number of imide groups is 1. The molecule has 3 fully saturated rings. The maximum atomic E-state index is 13.2. The molecule has 1 aromatic rings. The van der Waals surface area contributed by atoms with Gasteiger partial charge in [0.05, 0.1) is 17.5 Å². The van der Waals surface area contributed by atoms with Gasteiger partial charge >= 0.3 is 0 Å². The number of allylic oxidation sites excluding steroid dienone is 2. The van der Waals surface area contributed by atoms with E-state index in [9.17, 15) is 9.59 Å². The molecule has 5 rings (SSSR count). The molecule has 1 aliphatic heterocycles. The van der Waals surface area contributed by atoms with E-state index in [1.54, 1.807) is 24.3 Å². The fourth-order valence-corrected chi connectivity index (χ4v) is 5.86. The van der Waals surface area contributed by atoms with Crippen LogP contribution in [0.1, 0.15) is 38.5 Å². The van der Waals surface area contributed by atoms with E-state index < -0.39 is 0 Å². The number of benzene rings is 1. The first-order chi connectivity index (χ1) is 11.7. The second-order valence-corrected chi connectivity index (χ2v) is 8.02. The van der Waals surface area contributed by atoms with Crippen LogP contribution < -0.4 is 4.90 Å². The number of rotatable bonds is 1. The summed E-state index contributed by atoms with van der Waals surface area (Å²) >= 11 is 5.96. The Morgan fingerprint density at radius 2 is 1.33 bits per heavy atom. The molecule has 0 spiro atoms. The molecule has 0 radical (unpaired) electrons. The first-order valence-electron chi connectivity index (χ1n) is 9.02. The second kappa shape index (κ2) is 5.19. The molecule has 0 N–H and O–H groups in total. The molecule has 2 saturated carbocycles. The van der Waals surface area contributed by atoms with Crippen LogP contribution in [0.4, 0.5) is 5.69 Å². The van der Waals surface area contributed by atoms with Gasteiger partial charge in [-0.15, -0.1) is 0 Å². The highest BCUT2D eigenvalue weighted by Gasteiger charge is 2.59. The number of fused-ring (bicyclic) bond motifs is 5. The summed E-state index contributed by atoms with van der Waals surface area (Å²) in [5.41, 5.74) is 3.75. The third kappa shape index (κ3) is 1.85. The van der Waals surface area contributed by atoms with Crippen molar-refractivity contribution in [1.29, 1.82) is 0 Å². The van der Waals surface area contributed by atoms with Gasteiger partial charge in [-0.25, -0.2) is 0 Å². The number of carbonyl (C=O) groups excluding carboxylic acids is 2. The Bertz CT molecular complexity index is 724. The minimum Gasteiger partial charge on any atom is -0.274 e. The molecule has 1 heterocycles. The molecule has 4 atom stereocenters. The van der Waals surface area contributed by atoms with Gasteiger partial charge in [0.1, 0.15) is 0 Å². The van der Waals surface area contributed by atoms with Gasteiger partial charge in [0, 0.05) is 5.02 Å². The average Bonchev–Trinajstić information content (AvgIpc) is 3.27. The fraction of sp³-hybridized carbons (Fsp3) is 0.500. The Kier molecular flexibility index (Phi) is 3.18. The normalized spacial score (nSPS) is 34.6. The molecular formula is C20H20ClNO2. The minimum absolute atomic E-state index is 0.0164. The highest BCUT2D eigenvalue weighted by atomic mass is 35.5. The quantitative estimate of drug-likeness (QED) is 0.562. The Morgan fingerprint density at radius 3 is 1.83 bits per heavy atom. The molecule has 0 unspecified atom stereocenters. The van der Waals surface area contributed by atoms with Crippen LogP contribution in [-0.2, 0) is 9.59 Å². The maximum Gasteiger partial charge on any atom is 0.238 e. The first-order valence-corrected chi connectivity index (χ1v) is 9.40. The molecule has 24 heavy (non-hydrogen) atoms. The van der Waals surface area contributed by atoms with Gasteiger partial charge in [-0.05, 0) is 74.6 Å². The van der Waals surface area contributed by atoms with Crippen LogP contribution in [0, 0.1) is 23.7 Å². The molecule has 2 amide bonds. The minimum atomic E-state index is -0.127. The van der Waals surface area contributed by atoms with Crippen LogP contribution in [-0.4, -0.2) is 11.8 Å². The highest BCUT2D eigenvalue weighted by molar-refractivity contribution is 6.30. The fourth-order valence-electron chi connectivity index (χ4n) is 5.74. The number of amides is 2. The van der Waals surface area contributed by atoms with Gasteiger partial charge in [-0.3, -0.25) is 14.5 Å². The van der Waals surface area contributed by atoms with E-state index >= 15 is 0 Å². The van der Waals surface area contributed by atoms with E-state index in [1.165, 1.54) is 28.9 Å². The van der Waals surface area contributed by atoms with Crippen molar-refractivity contribution >= 4 is 29.1 Å². The molecule has 1 saturated heterocycles. The summed E-state index contributed by atoms with van der Waals surface area (Å²) in [5, 5.41) is 0.619. The maximum absolute atomic E-state index is 13.2. The van der Waals surface area contributed by atoms with Crippen molar-refractivity contribution in [2.45, 2.75) is 38.5 Å². The molecule has 0 aromatic heterocycles. The van der Waals surface area contributed by atoms with Gasteiger partial charge in [-0.2, -0.15) is 0 Å². The van der Waals surface area contributed by atoms with Crippen molar-refractivity contribution in [2.75, 3.05) is 4.90 Å². The predicted molar refractivity (Wildman–Crippen MR) is 92.6 cm³/mol. The Morgan fingerprint density at radius 1 is 0.833 bits per heavy atom. The molecular weight excluding hydrogens is 322 g/mol. The molecule has 3 nitrogen and oxygen atoms in total. The Hall–Kier alpha value is -1.61. The zero-order valence-corrected chi connectivity index (χ0v) is 14.3.